The molecular formula is C25H40Cl4N3O8S2+. The largest absolute Gasteiger partial charge is 0.397 e. The first-order valence-electron chi connectivity index (χ1n) is 13.8. The van der Waals surface area contributed by atoms with Crippen molar-refractivity contribution in [2.75, 3.05) is 6.61 Å². The molecule has 242 valence electrons. The van der Waals surface area contributed by atoms with Crippen molar-refractivity contribution in [2.45, 2.75) is 105 Å². The summed E-state index contributed by atoms with van der Waals surface area (Å²) in [5.41, 5.74) is 1.11. The van der Waals surface area contributed by atoms with Gasteiger partial charge in [0, 0.05) is 17.9 Å². The number of hydrogen-bond donors (Lipinski definition) is 3. The molecule has 3 atom stereocenters. The Balaban J connectivity index is 1.61. The zero-order chi connectivity index (χ0) is 31.2. The molecule has 0 fully saturated rings. The number of aryl methyl sites for hydroxylation is 1. The Kier molecular flexibility index (Phi) is 16.4. The molecule has 17 heteroatoms. The number of rotatable bonds is 23. The predicted molar refractivity (Wildman–Crippen MR) is 163 cm³/mol. The minimum absolute atomic E-state index is 0.297. The highest BCUT2D eigenvalue weighted by Gasteiger charge is 2.27. The fourth-order valence-electron chi connectivity index (χ4n) is 4.36. The van der Waals surface area contributed by atoms with E-state index in [9.17, 15) is 21.4 Å². The average Bonchev–Trinajstić information content (AvgIpc) is 3.47. The van der Waals surface area contributed by atoms with Crippen molar-refractivity contribution in [1.29, 1.82) is 0 Å². The highest BCUT2D eigenvalue weighted by atomic mass is 35.5. The first-order chi connectivity index (χ1) is 19.6. The topological polar surface area (TPSA) is 152 Å². The maximum atomic E-state index is 11.4. The van der Waals surface area contributed by atoms with E-state index in [1.807, 2.05) is 39.9 Å². The molecule has 11 nitrogen and oxygen atoms in total. The summed E-state index contributed by atoms with van der Waals surface area (Å²) in [4.78, 5) is 0. The lowest BCUT2D eigenvalue weighted by Crippen LogP contribution is -2.28. The van der Waals surface area contributed by atoms with Crippen LogP contribution in [-0.4, -0.2) is 63.5 Å². The van der Waals surface area contributed by atoms with E-state index in [4.69, 9.17) is 55.1 Å². The van der Waals surface area contributed by atoms with E-state index in [0.29, 0.717) is 32.1 Å². The molecule has 3 N–H and O–H groups in total. The Bertz CT molecular complexity index is 1270. The van der Waals surface area contributed by atoms with E-state index in [0.717, 1.165) is 57.1 Å². The van der Waals surface area contributed by atoms with E-state index >= 15 is 0 Å². The molecule has 0 aliphatic heterocycles. The lowest BCUT2D eigenvalue weighted by molar-refractivity contribution is -0.617. The normalized spacial score (nSPS) is 15.5. The van der Waals surface area contributed by atoms with E-state index in [2.05, 4.69) is 9.28 Å². The smallest absolute Gasteiger partial charge is 0.264 e. The second-order valence-corrected chi connectivity index (χ2v) is 15.2. The summed E-state index contributed by atoms with van der Waals surface area (Å²) in [6.45, 7) is -0.522. The zero-order valence-electron chi connectivity index (χ0n) is 23.2. The number of allylic oxidation sites excluding steroid dienone is 1. The van der Waals surface area contributed by atoms with Crippen LogP contribution in [0.25, 0.3) is 0 Å². The van der Waals surface area contributed by atoms with Gasteiger partial charge < -0.3 is 0 Å². The summed E-state index contributed by atoms with van der Waals surface area (Å²) in [6.07, 6.45) is 18.0. The lowest BCUT2D eigenvalue weighted by atomic mass is 10.0. The van der Waals surface area contributed by atoms with Gasteiger partial charge in [-0.05, 0) is 38.5 Å². The molecule has 0 radical (unpaired) electrons. The van der Waals surface area contributed by atoms with Crippen LogP contribution in [0.4, 0.5) is 0 Å². The molecule has 2 rings (SSSR count). The standard InChI is InChI=1S/C25H39Cl4N3O8S2/c26-21(12-7-3-1-2-6-10-15-25(28,29)20-39-41(33,34)35)18-23(27)24(40-42(36,37)38)14-9-5-4-8-13-22-19-31-16-11-17-32(31)30-22/h9,11,14,16-17,19,21,23-24,30H,1-8,10,12-13,15,18,20H2,(H-,33,34,35,36,37,38)/p+1/b14-9+/t21-,23+,24+/m0/s1. The SMILES string of the molecule is O=S(=O)(O)OCC(Cl)(Cl)CCCCCCCC[C@H](Cl)C[C@@H](Cl)[C@@H](/C=C/CCCCc1c[n+]2cccn2[nH]1)OS(=O)(=O)O. The Morgan fingerprint density at radius 1 is 1.00 bits per heavy atom. The van der Waals surface area contributed by atoms with Crippen molar-refractivity contribution in [3.8, 4) is 0 Å². The van der Waals surface area contributed by atoms with Crippen LogP contribution in [-0.2, 0) is 35.6 Å². The van der Waals surface area contributed by atoms with E-state index < -0.39 is 43.2 Å². The van der Waals surface area contributed by atoms with Gasteiger partial charge in [0.1, 0.15) is 23.2 Å². The summed E-state index contributed by atoms with van der Waals surface area (Å²) in [5.74, 6) is 0. The molecule has 0 saturated carbocycles. The summed E-state index contributed by atoms with van der Waals surface area (Å²) in [5, 5.41) is 2.22. The van der Waals surface area contributed by atoms with Gasteiger partial charge in [-0.3, -0.25) is 9.11 Å². The van der Waals surface area contributed by atoms with Crippen molar-refractivity contribution in [3.05, 3.63) is 42.5 Å². The van der Waals surface area contributed by atoms with Crippen LogP contribution in [0.3, 0.4) is 0 Å². The van der Waals surface area contributed by atoms with Gasteiger partial charge in [-0.25, -0.2) is 8.37 Å². The number of fused-ring (bicyclic) bond motifs is 1. The van der Waals surface area contributed by atoms with Crippen molar-refractivity contribution >= 4 is 67.2 Å². The van der Waals surface area contributed by atoms with E-state index in [-0.39, 0.29) is 5.38 Å². The van der Waals surface area contributed by atoms with E-state index in [1.165, 1.54) is 0 Å². The molecular weight excluding hydrogens is 676 g/mol. The molecule has 0 unspecified atom stereocenters. The Morgan fingerprint density at radius 2 is 1.69 bits per heavy atom. The van der Waals surface area contributed by atoms with Crippen LogP contribution in [0.1, 0.15) is 82.7 Å². The number of unbranched alkanes of at least 4 members (excludes halogenated alkanes) is 7. The zero-order valence-corrected chi connectivity index (χ0v) is 27.8. The molecule has 42 heavy (non-hydrogen) atoms. The minimum atomic E-state index is -4.70. The molecule has 0 aromatic carbocycles. The van der Waals surface area contributed by atoms with E-state index in [1.54, 1.807) is 6.08 Å². The van der Waals surface area contributed by atoms with Gasteiger partial charge >= 0.3 is 20.8 Å². The summed E-state index contributed by atoms with van der Waals surface area (Å²) in [6, 6.07) is 1.94. The number of halogens is 4. The van der Waals surface area contributed by atoms with Gasteiger partial charge in [-0.2, -0.15) is 21.9 Å². The Morgan fingerprint density at radius 3 is 2.36 bits per heavy atom. The number of aromatic nitrogens is 3. The third kappa shape index (κ3) is 17.0. The number of nitrogens with one attached hydrogen (secondary N) is 1. The van der Waals surface area contributed by atoms with Gasteiger partial charge in [-0.15, -0.1) is 27.7 Å². The van der Waals surface area contributed by atoms with Crippen LogP contribution >= 0.6 is 46.4 Å². The number of aromatic amines is 1. The second kappa shape index (κ2) is 18.4. The van der Waals surface area contributed by atoms with Crippen molar-refractivity contribution in [2.24, 2.45) is 0 Å². The molecule has 0 amide bonds. The van der Waals surface area contributed by atoms with Crippen LogP contribution in [0, 0.1) is 0 Å². The number of hydrogen-bond acceptors (Lipinski definition) is 6. The van der Waals surface area contributed by atoms with Crippen molar-refractivity contribution < 1.29 is 38.8 Å². The molecule has 0 saturated heterocycles. The molecule has 2 aromatic heterocycles. The summed E-state index contributed by atoms with van der Waals surface area (Å²) >= 11 is 24.9. The fraction of sp³-hybridized carbons (Fsp3) is 0.720. The molecule has 0 spiro atoms. The monoisotopic (exact) mass is 714 g/mol. The Labute approximate surface area is 268 Å². The first kappa shape index (κ1) is 37.6. The molecule has 2 aromatic rings. The van der Waals surface area contributed by atoms with Gasteiger partial charge in [0.2, 0.25) is 0 Å². The minimum Gasteiger partial charge on any atom is -0.264 e. The molecule has 0 aliphatic rings. The maximum absolute atomic E-state index is 11.4. The second-order valence-electron chi connectivity index (χ2n) is 10.2. The van der Waals surface area contributed by atoms with Gasteiger partial charge in [0.15, 0.2) is 11.9 Å². The number of nitrogens with zero attached hydrogens (tertiary/aromatic N) is 2. The third-order valence-electron chi connectivity index (χ3n) is 6.45. The van der Waals surface area contributed by atoms with Crippen molar-refractivity contribution in [3.63, 3.8) is 0 Å². The Hall–Kier alpha value is -0.610. The fourth-order valence-corrected chi connectivity index (χ4v) is 6.54. The number of H-pyrrole nitrogens is 1. The lowest BCUT2D eigenvalue weighted by Gasteiger charge is -2.20. The van der Waals surface area contributed by atoms with Gasteiger partial charge in [-0.1, -0.05) is 78.5 Å². The average molecular weight is 717 g/mol. The van der Waals surface area contributed by atoms with Crippen LogP contribution < -0.4 is 4.52 Å². The number of alkyl halides is 4. The highest BCUT2D eigenvalue weighted by molar-refractivity contribution is 7.81. The first-order valence-corrected chi connectivity index (χ1v) is 18.2. The molecule has 0 aliphatic carbocycles. The third-order valence-corrected chi connectivity index (χ3v) is 8.75. The maximum Gasteiger partial charge on any atom is 0.397 e. The predicted octanol–water partition coefficient (Wildman–Crippen LogP) is 6.03. The van der Waals surface area contributed by atoms with Crippen LogP contribution in [0.5, 0.6) is 0 Å². The molecule has 2 heterocycles. The quantitative estimate of drug-likeness (QED) is 0.0415. The van der Waals surface area contributed by atoms with Crippen LogP contribution in [0.15, 0.2) is 36.8 Å². The summed E-state index contributed by atoms with van der Waals surface area (Å²) in [7, 11) is -9.28. The summed E-state index contributed by atoms with van der Waals surface area (Å²) < 4.78 is 73.3. The van der Waals surface area contributed by atoms with Gasteiger partial charge in [0.05, 0.1) is 11.6 Å². The van der Waals surface area contributed by atoms with Crippen LogP contribution in [0.2, 0.25) is 0 Å². The van der Waals surface area contributed by atoms with Crippen molar-refractivity contribution in [1.82, 2.24) is 9.73 Å². The van der Waals surface area contributed by atoms with Gasteiger partial charge in [0.25, 0.3) is 0 Å². The molecule has 0 bridgehead atoms. The highest BCUT2D eigenvalue weighted by Crippen LogP contribution is 2.29.